The van der Waals surface area contributed by atoms with Crippen molar-refractivity contribution in [3.63, 3.8) is 0 Å². The van der Waals surface area contributed by atoms with Crippen molar-refractivity contribution < 1.29 is 14.3 Å². The van der Waals surface area contributed by atoms with Crippen LogP contribution in [0.25, 0.3) is 0 Å². The van der Waals surface area contributed by atoms with Crippen LogP contribution in [0.3, 0.4) is 0 Å². The van der Waals surface area contributed by atoms with Crippen LogP contribution in [-0.2, 0) is 9.53 Å². The van der Waals surface area contributed by atoms with Gasteiger partial charge in [0.2, 0.25) is 5.91 Å². The van der Waals surface area contributed by atoms with E-state index in [0.29, 0.717) is 36.7 Å². The summed E-state index contributed by atoms with van der Waals surface area (Å²) in [5.74, 6) is 0.412. The lowest BCUT2D eigenvalue weighted by Crippen LogP contribution is -2.45. The number of carbonyl (C=O) groups is 2. The maximum absolute atomic E-state index is 12.9. The van der Waals surface area contributed by atoms with Crippen LogP contribution in [0.5, 0.6) is 0 Å². The number of H-pyrrole nitrogens is 1. The van der Waals surface area contributed by atoms with Crippen molar-refractivity contribution in [2.45, 2.75) is 51.7 Å². The first kappa shape index (κ1) is 19.4. The van der Waals surface area contributed by atoms with Gasteiger partial charge in [0.15, 0.2) is 0 Å². The minimum absolute atomic E-state index is 0.134. The Labute approximate surface area is 160 Å². The number of aromatic nitrogens is 1. The third-order valence-corrected chi connectivity index (χ3v) is 5.56. The van der Waals surface area contributed by atoms with E-state index >= 15 is 0 Å². The van der Waals surface area contributed by atoms with Crippen LogP contribution in [0.15, 0.2) is 12.3 Å². The van der Waals surface area contributed by atoms with E-state index in [4.69, 9.17) is 10.00 Å². The van der Waals surface area contributed by atoms with Gasteiger partial charge in [-0.1, -0.05) is 6.42 Å². The zero-order valence-corrected chi connectivity index (χ0v) is 16.0. The summed E-state index contributed by atoms with van der Waals surface area (Å²) < 4.78 is 5.75. The molecule has 0 aromatic carbocycles. The molecule has 7 nitrogen and oxygen atoms in total. The molecule has 7 heteroatoms. The second-order valence-electron chi connectivity index (χ2n) is 7.89. The fraction of sp³-hybridized carbons (Fsp3) is 0.650. The quantitative estimate of drug-likeness (QED) is 0.765. The van der Waals surface area contributed by atoms with E-state index in [9.17, 15) is 9.59 Å². The lowest BCUT2D eigenvalue weighted by molar-refractivity contribution is -0.138. The van der Waals surface area contributed by atoms with Gasteiger partial charge < -0.3 is 19.9 Å². The summed E-state index contributed by atoms with van der Waals surface area (Å²) in [6, 6.07) is 3.69. The summed E-state index contributed by atoms with van der Waals surface area (Å²) in [6.45, 7) is 5.75. The molecule has 2 atom stereocenters. The molecule has 2 fully saturated rings. The van der Waals surface area contributed by atoms with E-state index in [1.165, 1.54) is 31.5 Å². The molecule has 1 saturated carbocycles. The Morgan fingerprint density at radius 1 is 1.44 bits per heavy atom. The largest absolute Gasteiger partial charge is 0.376 e. The smallest absolute Gasteiger partial charge is 0.267 e. The van der Waals surface area contributed by atoms with Crippen LogP contribution in [0, 0.1) is 23.2 Å². The predicted octanol–water partition coefficient (Wildman–Crippen LogP) is 2.06. The predicted molar refractivity (Wildman–Crippen MR) is 99.9 cm³/mol. The Hall–Kier alpha value is -2.33. The molecule has 1 aromatic heterocycles. The molecular weight excluding hydrogens is 344 g/mol. The minimum atomic E-state index is -0.274. The Morgan fingerprint density at radius 2 is 2.22 bits per heavy atom. The number of carbonyl (C=O) groups excluding carboxylic acids is 2. The van der Waals surface area contributed by atoms with Gasteiger partial charge in [0, 0.05) is 25.3 Å². The van der Waals surface area contributed by atoms with Gasteiger partial charge in [-0.3, -0.25) is 9.59 Å². The van der Waals surface area contributed by atoms with Gasteiger partial charge in [0.05, 0.1) is 24.2 Å². The Bertz CT molecular complexity index is 717. The molecule has 146 valence electrons. The van der Waals surface area contributed by atoms with Gasteiger partial charge >= 0.3 is 0 Å². The fourth-order valence-corrected chi connectivity index (χ4v) is 3.66. The average Bonchev–Trinajstić information content (AvgIpc) is 3.27. The van der Waals surface area contributed by atoms with Crippen molar-refractivity contribution in [3.8, 4) is 6.07 Å². The van der Waals surface area contributed by atoms with Crippen molar-refractivity contribution in [2.75, 3.05) is 19.7 Å². The number of nitrogens with one attached hydrogen (secondary N) is 2. The number of amides is 2. The van der Waals surface area contributed by atoms with Gasteiger partial charge in [0.1, 0.15) is 11.8 Å². The van der Waals surface area contributed by atoms with Crippen molar-refractivity contribution in [1.82, 2.24) is 15.2 Å². The van der Waals surface area contributed by atoms with Crippen LogP contribution >= 0.6 is 0 Å². The second-order valence-corrected chi connectivity index (χ2v) is 7.89. The number of hydrogen-bond acceptors (Lipinski definition) is 4. The summed E-state index contributed by atoms with van der Waals surface area (Å²) >= 11 is 0. The highest BCUT2D eigenvalue weighted by molar-refractivity contribution is 5.92. The number of nitriles is 1. The van der Waals surface area contributed by atoms with Crippen LogP contribution in [0.4, 0.5) is 0 Å². The second kappa shape index (κ2) is 8.57. The third kappa shape index (κ3) is 4.69. The molecule has 0 radical (unpaired) electrons. The summed E-state index contributed by atoms with van der Waals surface area (Å²) in [4.78, 5) is 29.8. The summed E-state index contributed by atoms with van der Waals surface area (Å²) in [7, 11) is 0. The van der Waals surface area contributed by atoms with Crippen molar-refractivity contribution in [3.05, 3.63) is 23.5 Å². The van der Waals surface area contributed by atoms with Crippen LogP contribution in [-0.4, -0.2) is 53.5 Å². The highest BCUT2D eigenvalue weighted by Crippen LogP contribution is 2.29. The molecule has 0 spiro atoms. The molecule has 1 aromatic rings. The average molecular weight is 372 g/mol. The third-order valence-electron chi connectivity index (χ3n) is 5.56. The monoisotopic (exact) mass is 372 g/mol. The van der Waals surface area contributed by atoms with E-state index in [1.807, 2.05) is 11.0 Å². The summed E-state index contributed by atoms with van der Waals surface area (Å²) in [6.07, 6.45) is 5.68. The fourth-order valence-electron chi connectivity index (χ4n) is 3.66. The van der Waals surface area contributed by atoms with Crippen molar-refractivity contribution in [2.24, 2.45) is 11.8 Å². The van der Waals surface area contributed by atoms with Gasteiger partial charge in [0.25, 0.3) is 5.91 Å². The van der Waals surface area contributed by atoms with Gasteiger partial charge in [-0.2, -0.15) is 5.26 Å². The molecule has 0 bridgehead atoms. The van der Waals surface area contributed by atoms with E-state index < -0.39 is 0 Å². The zero-order chi connectivity index (χ0) is 19.4. The van der Waals surface area contributed by atoms with E-state index in [-0.39, 0.29) is 29.9 Å². The van der Waals surface area contributed by atoms with Gasteiger partial charge in [-0.15, -0.1) is 0 Å². The number of nitrogens with zero attached hydrogens (tertiary/aromatic N) is 2. The molecule has 0 unspecified atom stereocenters. The lowest BCUT2D eigenvalue weighted by atomic mass is 9.84. The Morgan fingerprint density at radius 3 is 2.81 bits per heavy atom. The van der Waals surface area contributed by atoms with Crippen molar-refractivity contribution >= 4 is 11.8 Å². The van der Waals surface area contributed by atoms with Crippen molar-refractivity contribution in [1.29, 1.82) is 5.26 Å². The zero-order valence-electron chi connectivity index (χ0n) is 16.0. The highest BCUT2D eigenvalue weighted by atomic mass is 16.5. The number of rotatable bonds is 7. The molecule has 1 aliphatic carbocycles. The Kier molecular flexibility index (Phi) is 6.17. The first-order valence-corrected chi connectivity index (χ1v) is 9.76. The van der Waals surface area contributed by atoms with Crippen LogP contribution in [0.1, 0.15) is 55.6 Å². The first-order valence-electron chi connectivity index (χ1n) is 9.76. The van der Waals surface area contributed by atoms with Gasteiger partial charge in [-0.25, -0.2) is 0 Å². The SMILES string of the molecule is CC(C)N(CC1CCC1)C(=O)[C@@H]1CO[C@H](CNC(=O)c2cc(C#N)c[nH]2)C1. The topological polar surface area (TPSA) is 98.2 Å². The molecule has 2 aliphatic rings. The minimum Gasteiger partial charge on any atom is -0.376 e. The summed E-state index contributed by atoms with van der Waals surface area (Å²) in [5.41, 5.74) is 0.770. The molecule has 3 rings (SSSR count). The number of ether oxygens (including phenoxy) is 1. The molecular formula is C20H28N4O3. The summed E-state index contributed by atoms with van der Waals surface area (Å²) in [5, 5.41) is 11.6. The molecule has 2 heterocycles. The standard InChI is InChI=1S/C20H28N4O3/c1-13(2)24(11-14-4-3-5-14)20(26)16-7-17(27-12-16)10-23-19(25)18-6-15(8-21)9-22-18/h6,9,13-14,16-17,22H,3-5,7,10-12H2,1-2H3,(H,23,25)/t16-,17-/m0/s1. The van der Waals surface area contributed by atoms with Crippen LogP contribution < -0.4 is 5.32 Å². The van der Waals surface area contributed by atoms with E-state index in [2.05, 4.69) is 24.1 Å². The van der Waals surface area contributed by atoms with Gasteiger partial charge in [-0.05, 0) is 45.1 Å². The maximum atomic E-state index is 12.9. The molecule has 27 heavy (non-hydrogen) atoms. The molecule has 2 N–H and O–H groups in total. The molecule has 2 amide bonds. The van der Waals surface area contributed by atoms with E-state index in [0.717, 1.165) is 6.54 Å². The molecule has 1 aliphatic heterocycles. The van der Waals surface area contributed by atoms with Crippen LogP contribution in [0.2, 0.25) is 0 Å². The van der Waals surface area contributed by atoms with E-state index in [1.54, 1.807) is 0 Å². The normalized spacial score (nSPS) is 22.3. The molecule has 1 saturated heterocycles. The number of hydrogen-bond donors (Lipinski definition) is 2. The lowest BCUT2D eigenvalue weighted by Gasteiger charge is -2.36. The Balaban J connectivity index is 1.47. The first-order chi connectivity index (χ1) is 13.0. The number of aromatic amines is 1. The highest BCUT2D eigenvalue weighted by Gasteiger charge is 2.35. The maximum Gasteiger partial charge on any atom is 0.267 e.